The summed E-state index contributed by atoms with van der Waals surface area (Å²) in [5.41, 5.74) is 2.32. The SMILES string of the molecule is COc1ccc(Cl)cc1S(=O)(=O)Nc1cc(C)c2nc(NC(=O)c3ccccc3)sc2c1. The molecule has 7 nitrogen and oxygen atoms in total. The number of sulfonamides is 1. The predicted octanol–water partition coefficient (Wildman–Crippen LogP) is 5.32. The third-order valence-electron chi connectivity index (χ3n) is 4.61. The van der Waals surface area contributed by atoms with Crippen molar-refractivity contribution in [2.75, 3.05) is 17.1 Å². The zero-order valence-corrected chi connectivity index (χ0v) is 19.4. The quantitative estimate of drug-likeness (QED) is 0.383. The molecule has 0 atom stereocenters. The Balaban J connectivity index is 1.64. The standard InChI is InChI=1S/C22H18ClN3O4S2/c1-13-10-16(26-32(28,29)19-11-15(23)8-9-17(19)30-2)12-18-20(13)24-22(31-18)25-21(27)14-6-4-3-5-7-14/h3-12,26H,1-2H3,(H,24,25,27). The number of aromatic nitrogens is 1. The second-order valence-electron chi connectivity index (χ2n) is 6.88. The van der Waals surface area contributed by atoms with E-state index >= 15 is 0 Å². The van der Waals surface area contributed by atoms with Crippen molar-refractivity contribution in [3.8, 4) is 5.75 Å². The summed E-state index contributed by atoms with van der Waals surface area (Å²) in [5, 5.41) is 3.49. The number of halogens is 1. The van der Waals surface area contributed by atoms with Crippen LogP contribution in [0.3, 0.4) is 0 Å². The van der Waals surface area contributed by atoms with Crippen LogP contribution in [0.25, 0.3) is 10.2 Å². The number of methoxy groups -OCH3 is 1. The summed E-state index contributed by atoms with van der Waals surface area (Å²) in [7, 11) is -2.57. The third kappa shape index (κ3) is 4.55. The Morgan fingerprint density at radius 3 is 2.56 bits per heavy atom. The molecule has 0 unspecified atom stereocenters. The predicted molar refractivity (Wildman–Crippen MR) is 128 cm³/mol. The molecular weight excluding hydrogens is 470 g/mol. The summed E-state index contributed by atoms with van der Waals surface area (Å²) in [5.74, 6) is -0.0836. The molecule has 4 aromatic rings. The number of rotatable bonds is 6. The van der Waals surface area contributed by atoms with E-state index in [1.807, 2.05) is 13.0 Å². The van der Waals surface area contributed by atoms with Gasteiger partial charge in [-0.3, -0.25) is 14.8 Å². The van der Waals surface area contributed by atoms with Gasteiger partial charge < -0.3 is 4.74 Å². The van der Waals surface area contributed by atoms with E-state index in [1.54, 1.807) is 42.5 Å². The molecule has 0 radical (unpaired) electrons. The van der Waals surface area contributed by atoms with Crippen LogP contribution in [0.1, 0.15) is 15.9 Å². The lowest BCUT2D eigenvalue weighted by Gasteiger charge is -2.12. The molecule has 1 heterocycles. The molecule has 0 spiro atoms. The van der Waals surface area contributed by atoms with Crippen molar-refractivity contribution in [1.82, 2.24) is 4.98 Å². The summed E-state index contributed by atoms with van der Waals surface area (Å²) in [6.07, 6.45) is 0. The number of carbonyl (C=O) groups excluding carboxylic acids is 1. The minimum Gasteiger partial charge on any atom is -0.495 e. The van der Waals surface area contributed by atoms with Crippen molar-refractivity contribution in [3.05, 3.63) is 76.8 Å². The second-order valence-corrected chi connectivity index (χ2v) is 10.00. The van der Waals surface area contributed by atoms with E-state index in [1.165, 1.54) is 30.6 Å². The first-order valence-electron chi connectivity index (χ1n) is 9.41. The van der Waals surface area contributed by atoms with Crippen LogP contribution in [0.5, 0.6) is 5.75 Å². The summed E-state index contributed by atoms with van der Waals surface area (Å²) in [4.78, 5) is 16.8. The van der Waals surface area contributed by atoms with Crippen LogP contribution >= 0.6 is 22.9 Å². The number of carbonyl (C=O) groups is 1. The minimum absolute atomic E-state index is 0.0645. The molecule has 1 aromatic heterocycles. The van der Waals surface area contributed by atoms with Crippen LogP contribution in [0.4, 0.5) is 10.8 Å². The molecule has 164 valence electrons. The van der Waals surface area contributed by atoms with Crippen molar-refractivity contribution in [3.63, 3.8) is 0 Å². The Labute approximate surface area is 194 Å². The highest BCUT2D eigenvalue weighted by atomic mass is 35.5. The highest BCUT2D eigenvalue weighted by molar-refractivity contribution is 7.92. The zero-order chi connectivity index (χ0) is 22.9. The van der Waals surface area contributed by atoms with E-state index in [9.17, 15) is 13.2 Å². The topological polar surface area (TPSA) is 97.4 Å². The van der Waals surface area contributed by atoms with E-state index in [2.05, 4.69) is 15.0 Å². The van der Waals surface area contributed by atoms with Crippen LogP contribution in [0, 0.1) is 6.92 Å². The molecule has 4 rings (SSSR count). The van der Waals surface area contributed by atoms with Gasteiger partial charge in [0.1, 0.15) is 10.6 Å². The van der Waals surface area contributed by atoms with Crippen molar-refractivity contribution in [2.24, 2.45) is 0 Å². The summed E-state index contributed by atoms with van der Waals surface area (Å²) < 4.78 is 34.4. The normalized spacial score (nSPS) is 11.3. The maximum absolute atomic E-state index is 13.0. The average molecular weight is 488 g/mol. The average Bonchev–Trinajstić information content (AvgIpc) is 3.17. The van der Waals surface area contributed by atoms with Gasteiger partial charge in [0.05, 0.1) is 23.0 Å². The molecule has 3 aromatic carbocycles. The summed E-state index contributed by atoms with van der Waals surface area (Å²) >= 11 is 7.24. The molecule has 0 aliphatic carbocycles. The van der Waals surface area contributed by atoms with E-state index in [0.29, 0.717) is 21.9 Å². The third-order valence-corrected chi connectivity index (χ3v) is 7.16. The van der Waals surface area contributed by atoms with E-state index in [0.717, 1.165) is 10.3 Å². The number of ether oxygens (including phenoxy) is 1. The fourth-order valence-corrected chi connectivity index (χ4v) is 5.59. The molecule has 0 bridgehead atoms. The molecule has 2 N–H and O–H groups in total. The number of nitrogens with one attached hydrogen (secondary N) is 2. The number of fused-ring (bicyclic) bond motifs is 1. The number of anilines is 2. The first-order valence-corrected chi connectivity index (χ1v) is 12.1. The number of hydrogen-bond donors (Lipinski definition) is 2. The van der Waals surface area contributed by atoms with Crippen LogP contribution in [0.15, 0.2) is 65.6 Å². The van der Waals surface area contributed by atoms with Crippen LogP contribution in [-0.4, -0.2) is 26.4 Å². The lowest BCUT2D eigenvalue weighted by molar-refractivity contribution is 0.102. The first-order chi connectivity index (χ1) is 15.3. The number of thiazole rings is 1. The lowest BCUT2D eigenvalue weighted by Crippen LogP contribution is -2.14. The fourth-order valence-electron chi connectivity index (χ4n) is 3.14. The molecule has 10 heteroatoms. The van der Waals surface area contributed by atoms with Crippen LogP contribution in [0.2, 0.25) is 5.02 Å². The molecule has 0 aliphatic rings. The highest BCUT2D eigenvalue weighted by Gasteiger charge is 2.21. The number of nitrogens with zero attached hydrogens (tertiary/aromatic N) is 1. The molecule has 1 amide bonds. The lowest BCUT2D eigenvalue weighted by atomic mass is 10.2. The monoisotopic (exact) mass is 487 g/mol. The molecule has 0 fully saturated rings. The van der Waals surface area contributed by atoms with E-state index in [4.69, 9.17) is 16.3 Å². The summed E-state index contributed by atoms with van der Waals surface area (Å²) in [6, 6.07) is 16.6. The van der Waals surface area contributed by atoms with Gasteiger partial charge in [-0.25, -0.2) is 13.4 Å². The van der Waals surface area contributed by atoms with Crippen LogP contribution in [-0.2, 0) is 10.0 Å². The van der Waals surface area contributed by atoms with Gasteiger partial charge >= 0.3 is 0 Å². The van der Waals surface area contributed by atoms with Crippen molar-refractivity contribution < 1.29 is 17.9 Å². The van der Waals surface area contributed by atoms with Crippen molar-refractivity contribution in [2.45, 2.75) is 11.8 Å². The smallest absolute Gasteiger partial charge is 0.265 e. The van der Waals surface area contributed by atoms with Gasteiger partial charge in [-0.15, -0.1) is 0 Å². The second kappa shape index (κ2) is 8.78. The molecule has 0 saturated carbocycles. The fraction of sp³-hybridized carbons (Fsp3) is 0.0909. The number of amides is 1. The summed E-state index contributed by atoms with van der Waals surface area (Å²) in [6.45, 7) is 1.82. The van der Waals surface area contributed by atoms with Gasteiger partial charge in [-0.05, 0) is 55.0 Å². The van der Waals surface area contributed by atoms with E-state index < -0.39 is 10.0 Å². The van der Waals surface area contributed by atoms with Gasteiger partial charge in [-0.1, -0.05) is 41.1 Å². The minimum atomic E-state index is -3.96. The molecule has 32 heavy (non-hydrogen) atoms. The first kappa shape index (κ1) is 22.1. The Morgan fingerprint density at radius 2 is 1.84 bits per heavy atom. The number of benzene rings is 3. The highest BCUT2D eigenvalue weighted by Crippen LogP contribution is 2.33. The Morgan fingerprint density at radius 1 is 1.09 bits per heavy atom. The van der Waals surface area contributed by atoms with Gasteiger partial charge in [0, 0.05) is 10.6 Å². The Kier molecular flexibility index (Phi) is 6.05. The van der Waals surface area contributed by atoms with E-state index in [-0.39, 0.29) is 21.6 Å². The molecule has 0 aliphatic heterocycles. The molecular formula is C22H18ClN3O4S2. The zero-order valence-electron chi connectivity index (χ0n) is 17.0. The largest absolute Gasteiger partial charge is 0.495 e. The Bertz CT molecular complexity index is 1420. The van der Waals surface area contributed by atoms with Crippen LogP contribution < -0.4 is 14.8 Å². The van der Waals surface area contributed by atoms with Gasteiger partial charge in [-0.2, -0.15) is 0 Å². The van der Waals surface area contributed by atoms with Gasteiger partial charge in [0.2, 0.25) is 0 Å². The maximum atomic E-state index is 13.0. The number of aryl methyl sites for hydroxylation is 1. The number of hydrogen-bond acceptors (Lipinski definition) is 6. The van der Waals surface area contributed by atoms with Crippen molar-refractivity contribution in [1.29, 1.82) is 0 Å². The molecule has 0 saturated heterocycles. The van der Waals surface area contributed by atoms with Crippen molar-refractivity contribution >= 4 is 59.9 Å². The van der Waals surface area contributed by atoms with Gasteiger partial charge in [0.15, 0.2) is 5.13 Å². The van der Waals surface area contributed by atoms with Gasteiger partial charge in [0.25, 0.3) is 15.9 Å². The Hall–Kier alpha value is -3.14. The maximum Gasteiger partial charge on any atom is 0.265 e.